The third kappa shape index (κ3) is 2.77. The minimum atomic E-state index is 0.636. The molecule has 0 saturated carbocycles. The lowest BCUT2D eigenvalue weighted by Gasteiger charge is -2.09. The fourth-order valence-electron chi connectivity index (χ4n) is 1.74. The van der Waals surface area contributed by atoms with Crippen LogP contribution in [0.4, 0.5) is 5.69 Å². The predicted molar refractivity (Wildman–Crippen MR) is 71.9 cm³/mol. The van der Waals surface area contributed by atoms with E-state index in [-0.39, 0.29) is 0 Å². The number of nitrogens with zero attached hydrogens (tertiary/aromatic N) is 1. The van der Waals surface area contributed by atoms with Gasteiger partial charge in [0.2, 0.25) is 5.88 Å². The maximum Gasteiger partial charge on any atom is 0.237 e. The summed E-state index contributed by atoms with van der Waals surface area (Å²) in [5.41, 5.74) is 2.26. The molecule has 4 heteroatoms. The average molecular weight is 248 g/mol. The first-order valence-electron chi connectivity index (χ1n) is 5.49. The van der Waals surface area contributed by atoms with Gasteiger partial charge < -0.3 is 10.1 Å². The second kappa shape index (κ2) is 5.19. The highest BCUT2D eigenvalue weighted by Gasteiger charge is 2.05. The van der Waals surface area contributed by atoms with Gasteiger partial charge in [-0.2, -0.15) is 0 Å². The smallest absolute Gasteiger partial charge is 0.237 e. The van der Waals surface area contributed by atoms with E-state index in [2.05, 4.69) is 30.2 Å². The molecule has 0 amide bonds. The van der Waals surface area contributed by atoms with E-state index < -0.39 is 0 Å². The Balaban J connectivity index is 2.09. The molecule has 0 radical (unpaired) electrons. The molecule has 17 heavy (non-hydrogen) atoms. The van der Waals surface area contributed by atoms with Crippen molar-refractivity contribution in [2.75, 3.05) is 12.4 Å². The summed E-state index contributed by atoms with van der Waals surface area (Å²) in [6, 6.07) is 6.09. The lowest BCUT2D eigenvalue weighted by Crippen LogP contribution is -2.02. The van der Waals surface area contributed by atoms with Crippen LogP contribution < -0.4 is 10.1 Å². The Morgan fingerprint density at radius 2 is 2.24 bits per heavy atom. The first-order chi connectivity index (χ1) is 8.20. The number of hydrogen-bond acceptors (Lipinski definition) is 4. The van der Waals surface area contributed by atoms with Crippen LogP contribution in [-0.2, 0) is 6.54 Å². The van der Waals surface area contributed by atoms with Gasteiger partial charge in [0.15, 0.2) is 0 Å². The van der Waals surface area contributed by atoms with E-state index in [1.807, 2.05) is 23.5 Å². The molecule has 0 aliphatic carbocycles. The molecule has 0 atom stereocenters. The Labute approximate surface area is 105 Å². The number of anilines is 1. The predicted octanol–water partition coefficient (Wildman–Crippen LogP) is 3.38. The van der Waals surface area contributed by atoms with Gasteiger partial charge in [0.05, 0.1) is 12.8 Å². The monoisotopic (exact) mass is 248 g/mol. The molecule has 1 N–H and O–H groups in total. The van der Waals surface area contributed by atoms with E-state index in [9.17, 15) is 0 Å². The van der Waals surface area contributed by atoms with Crippen molar-refractivity contribution in [3.8, 4) is 5.88 Å². The molecule has 2 aromatic rings. The van der Waals surface area contributed by atoms with E-state index in [0.717, 1.165) is 12.2 Å². The average Bonchev–Trinajstić information content (AvgIpc) is 2.65. The number of methoxy groups -OCH3 is 1. The van der Waals surface area contributed by atoms with Gasteiger partial charge in [0.25, 0.3) is 0 Å². The summed E-state index contributed by atoms with van der Waals surface area (Å²) in [6.45, 7) is 5.08. The summed E-state index contributed by atoms with van der Waals surface area (Å²) in [5.74, 6) is 0.636. The minimum absolute atomic E-state index is 0.636. The summed E-state index contributed by atoms with van der Waals surface area (Å²) >= 11 is 1.83. The Hall–Kier alpha value is -1.55. The van der Waals surface area contributed by atoms with Crippen molar-refractivity contribution in [2.45, 2.75) is 20.4 Å². The third-order valence-electron chi connectivity index (χ3n) is 2.58. The zero-order valence-corrected chi connectivity index (χ0v) is 11.1. The molecule has 0 fully saturated rings. The first kappa shape index (κ1) is 11.9. The maximum atomic E-state index is 5.20. The number of nitrogens with one attached hydrogen (secondary N) is 1. The van der Waals surface area contributed by atoms with Gasteiger partial charge in [0, 0.05) is 22.5 Å². The van der Waals surface area contributed by atoms with E-state index in [0.29, 0.717) is 5.88 Å². The number of rotatable bonds is 4. The molecular formula is C13H16N2OS. The van der Waals surface area contributed by atoms with E-state index >= 15 is 0 Å². The van der Waals surface area contributed by atoms with Crippen molar-refractivity contribution in [1.82, 2.24) is 4.98 Å². The zero-order valence-electron chi connectivity index (χ0n) is 10.3. The third-order valence-corrected chi connectivity index (χ3v) is 3.59. The normalized spacial score (nSPS) is 10.3. The Morgan fingerprint density at radius 1 is 1.41 bits per heavy atom. The summed E-state index contributed by atoms with van der Waals surface area (Å²) in [7, 11) is 1.63. The van der Waals surface area contributed by atoms with E-state index in [4.69, 9.17) is 4.74 Å². The fraction of sp³-hybridized carbons (Fsp3) is 0.308. The number of aromatic nitrogens is 1. The molecule has 0 aliphatic heterocycles. The first-order valence-corrected chi connectivity index (χ1v) is 6.31. The number of thiophene rings is 1. The van der Waals surface area contributed by atoms with Crippen molar-refractivity contribution in [2.24, 2.45) is 0 Å². The topological polar surface area (TPSA) is 34.1 Å². The largest absolute Gasteiger partial charge is 0.480 e. The van der Waals surface area contributed by atoms with Crippen molar-refractivity contribution >= 4 is 17.0 Å². The SMILES string of the molecule is COc1ncccc1NCc1cc(C)sc1C. The van der Waals surface area contributed by atoms with Crippen LogP contribution in [0.15, 0.2) is 24.4 Å². The van der Waals surface area contributed by atoms with Gasteiger partial charge in [0.1, 0.15) is 0 Å². The van der Waals surface area contributed by atoms with Crippen LogP contribution in [0.5, 0.6) is 5.88 Å². The minimum Gasteiger partial charge on any atom is -0.480 e. The van der Waals surface area contributed by atoms with Gasteiger partial charge in [-0.1, -0.05) is 0 Å². The molecule has 3 nitrogen and oxygen atoms in total. The van der Waals surface area contributed by atoms with Gasteiger partial charge >= 0.3 is 0 Å². The summed E-state index contributed by atoms with van der Waals surface area (Å²) in [5, 5.41) is 3.35. The number of hydrogen-bond donors (Lipinski definition) is 1. The fourth-order valence-corrected chi connectivity index (χ4v) is 2.68. The van der Waals surface area contributed by atoms with Gasteiger partial charge in [-0.25, -0.2) is 4.98 Å². The van der Waals surface area contributed by atoms with Crippen LogP contribution in [0.25, 0.3) is 0 Å². The number of pyridine rings is 1. The molecule has 0 aliphatic rings. The molecular weight excluding hydrogens is 232 g/mol. The van der Waals surface area contributed by atoms with Crippen molar-refractivity contribution < 1.29 is 4.74 Å². The zero-order chi connectivity index (χ0) is 12.3. The lowest BCUT2D eigenvalue weighted by atomic mass is 10.2. The number of ether oxygens (including phenoxy) is 1. The lowest BCUT2D eigenvalue weighted by molar-refractivity contribution is 0.399. The highest BCUT2D eigenvalue weighted by molar-refractivity contribution is 7.12. The Kier molecular flexibility index (Phi) is 3.64. The van der Waals surface area contributed by atoms with Crippen LogP contribution in [0.1, 0.15) is 15.3 Å². The van der Waals surface area contributed by atoms with Crippen molar-refractivity contribution in [3.05, 3.63) is 39.7 Å². The Bertz CT molecular complexity index is 508. The molecule has 90 valence electrons. The quantitative estimate of drug-likeness (QED) is 0.900. The second-order valence-corrected chi connectivity index (χ2v) is 5.31. The van der Waals surface area contributed by atoms with Gasteiger partial charge in [-0.15, -0.1) is 11.3 Å². The molecule has 0 spiro atoms. The molecule has 2 aromatic heterocycles. The molecule has 0 aromatic carbocycles. The molecule has 0 saturated heterocycles. The molecule has 2 heterocycles. The van der Waals surface area contributed by atoms with E-state index in [1.165, 1.54) is 15.3 Å². The van der Waals surface area contributed by atoms with Crippen molar-refractivity contribution in [3.63, 3.8) is 0 Å². The maximum absolute atomic E-state index is 5.20. The number of aryl methyl sites for hydroxylation is 2. The summed E-state index contributed by atoms with van der Waals surface area (Å²) < 4.78 is 5.20. The van der Waals surface area contributed by atoms with Crippen LogP contribution in [0.2, 0.25) is 0 Å². The molecule has 0 bridgehead atoms. The van der Waals surface area contributed by atoms with E-state index in [1.54, 1.807) is 13.3 Å². The van der Waals surface area contributed by atoms with Crippen LogP contribution in [0.3, 0.4) is 0 Å². The van der Waals surface area contributed by atoms with Gasteiger partial charge in [-0.3, -0.25) is 0 Å². The van der Waals surface area contributed by atoms with Crippen LogP contribution >= 0.6 is 11.3 Å². The van der Waals surface area contributed by atoms with Crippen LogP contribution in [-0.4, -0.2) is 12.1 Å². The highest BCUT2D eigenvalue weighted by Crippen LogP contribution is 2.24. The van der Waals surface area contributed by atoms with Crippen LogP contribution in [0, 0.1) is 13.8 Å². The second-order valence-electron chi connectivity index (χ2n) is 3.85. The Morgan fingerprint density at radius 3 is 2.88 bits per heavy atom. The molecule has 0 unspecified atom stereocenters. The van der Waals surface area contributed by atoms with Gasteiger partial charge in [-0.05, 0) is 37.6 Å². The standard InChI is InChI=1S/C13H16N2OS/c1-9-7-11(10(2)17-9)8-15-12-5-4-6-14-13(12)16-3/h4-7,15H,8H2,1-3H3. The van der Waals surface area contributed by atoms with Crippen molar-refractivity contribution in [1.29, 1.82) is 0 Å². The molecule has 2 rings (SSSR count). The highest BCUT2D eigenvalue weighted by atomic mass is 32.1. The summed E-state index contributed by atoms with van der Waals surface area (Å²) in [6.07, 6.45) is 1.73. The summed E-state index contributed by atoms with van der Waals surface area (Å²) in [4.78, 5) is 6.86.